The number of hydrogen-bond acceptors (Lipinski definition) is 1. The summed E-state index contributed by atoms with van der Waals surface area (Å²) in [6.45, 7) is 1.78. The van der Waals surface area contributed by atoms with Crippen LogP contribution < -0.4 is 5.32 Å². The Kier molecular flexibility index (Phi) is 6.37. The maximum atomic E-state index is 12.7. The van der Waals surface area contributed by atoms with Crippen molar-refractivity contribution < 1.29 is 18.0 Å². The summed E-state index contributed by atoms with van der Waals surface area (Å²) >= 11 is 14.7. The maximum absolute atomic E-state index is 12.7. The van der Waals surface area contributed by atoms with E-state index in [-0.39, 0.29) is 21.8 Å². The van der Waals surface area contributed by atoms with E-state index in [2.05, 4.69) is 21.2 Å². The lowest BCUT2D eigenvalue weighted by Crippen LogP contribution is -2.51. The van der Waals surface area contributed by atoms with Crippen molar-refractivity contribution in [1.29, 1.82) is 0 Å². The fourth-order valence-corrected chi connectivity index (χ4v) is 2.79. The third kappa shape index (κ3) is 4.50. The molecule has 118 valence electrons. The normalized spacial score (nSPS) is 12.3. The molecule has 0 spiro atoms. The third-order valence-corrected chi connectivity index (χ3v) is 4.82. The van der Waals surface area contributed by atoms with Crippen molar-refractivity contribution in [2.45, 2.75) is 25.1 Å². The first kappa shape index (κ1) is 18.6. The van der Waals surface area contributed by atoms with Gasteiger partial charge in [0.2, 0.25) is 0 Å². The molecule has 0 saturated carbocycles. The lowest BCUT2D eigenvalue weighted by atomic mass is 10.00. The third-order valence-electron chi connectivity index (χ3n) is 3.11. The van der Waals surface area contributed by atoms with Crippen molar-refractivity contribution in [1.82, 2.24) is 5.32 Å². The van der Waals surface area contributed by atoms with Crippen LogP contribution in [0.4, 0.5) is 13.2 Å². The molecule has 0 radical (unpaired) electrons. The van der Waals surface area contributed by atoms with Crippen LogP contribution in [0.5, 0.6) is 0 Å². The average molecular weight is 407 g/mol. The van der Waals surface area contributed by atoms with Gasteiger partial charge in [0.05, 0.1) is 16.7 Å². The predicted molar refractivity (Wildman–Crippen MR) is 81.1 cm³/mol. The van der Waals surface area contributed by atoms with Crippen LogP contribution in [0.3, 0.4) is 0 Å². The van der Waals surface area contributed by atoms with Crippen LogP contribution in [0.25, 0.3) is 0 Å². The molecule has 0 fully saturated rings. The van der Waals surface area contributed by atoms with E-state index in [1.165, 1.54) is 6.07 Å². The van der Waals surface area contributed by atoms with Gasteiger partial charge in [-0.05, 0) is 40.5 Å². The monoisotopic (exact) mass is 405 g/mol. The highest BCUT2D eigenvalue weighted by Gasteiger charge is 2.33. The number of rotatable bonds is 5. The van der Waals surface area contributed by atoms with Crippen molar-refractivity contribution in [3.63, 3.8) is 0 Å². The van der Waals surface area contributed by atoms with Gasteiger partial charge in [0.1, 0.15) is 0 Å². The van der Waals surface area contributed by atoms with E-state index >= 15 is 0 Å². The molecule has 2 nitrogen and oxygen atoms in total. The first-order valence-electron chi connectivity index (χ1n) is 6.00. The Bertz CT molecular complexity index is 510. The Morgan fingerprint density at radius 2 is 1.86 bits per heavy atom. The second-order valence-corrected chi connectivity index (χ2v) is 5.94. The Morgan fingerprint density at radius 3 is 2.29 bits per heavy atom. The SMILES string of the molecule is CCC(CCl)(CCl)NC(=O)c1cc(C(F)(F)F)ccc1Br. The molecule has 1 N–H and O–H groups in total. The number of halogens is 6. The zero-order valence-corrected chi connectivity index (χ0v) is 14.1. The number of carbonyl (C=O) groups excluding carboxylic acids is 1. The summed E-state index contributed by atoms with van der Waals surface area (Å²) in [6, 6.07) is 2.88. The van der Waals surface area contributed by atoms with Crippen LogP contribution in [0.2, 0.25) is 0 Å². The number of nitrogens with one attached hydrogen (secondary N) is 1. The number of amides is 1. The second kappa shape index (κ2) is 7.20. The predicted octanol–water partition coefficient (Wildman–Crippen LogP) is 4.82. The quantitative estimate of drug-likeness (QED) is 0.697. The van der Waals surface area contributed by atoms with Crippen LogP contribution in [0.15, 0.2) is 22.7 Å². The van der Waals surface area contributed by atoms with E-state index in [9.17, 15) is 18.0 Å². The minimum atomic E-state index is -4.52. The van der Waals surface area contributed by atoms with Crippen LogP contribution >= 0.6 is 39.1 Å². The van der Waals surface area contributed by atoms with Crippen molar-refractivity contribution in [2.24, 2.45) is 0 Å². The lowest BCUT2D eigenvalue weighted by molar-refractivity contribution is -0.137. The molecule has 1 aromatic carbocycles. The van der Waals surface area contributed by atoms with E-state index in [4.69, 9.17) is 23.2 Å². The number of benzene rings is 1. The van der Waals surface area contributed by atoms with E-state index in [1.807, 2.05) is 0 Å². The zero-order chi connectivity index (χ0) is 16.3. The van der Waals surface area contributed by atoms with E-state index < -0.39 is 23.2 Å². The lowest BCUT2D eigenvalue weighted by Gasteiger charge is -2.29. The molecular weight excluding hydrogens is 394 g/mol. The molecular formula is C13H13BrCl2F3NO. The van der Waals surface area contributed by atoms with Gasteiger partial charge in [-0.1, -0.05) is 6.92 Å². The van der Waals surface area contributed by atoms with Crippen molar-refractivity contribution in [3.8, 4) is 0 Å². The summed E-state index contributed by atoms with van der Waals surface area (Å²) < 4.78 is 38.4. The molecule has 0 aliphatic rings. The smallest absolute Gasteiger partial charge is 0.344 e. The van der Waals surface area contributed by atoms with Crippen LogP contribution in [0, 0.1) is 0 Å². The summed E-state index contributed by atoms with van der Waals surface area (Å²) in [7, 11) is 0. The maximum Gasteiger partial charge on any atom is 0.416 e. The molecule has 1 rings (SSSR count). The molecule has 1 aromatic rings. The van der Waals surface area contributed by atoms with Crippen LogP contribution in [-0.4, -0.2) is 23.2 Å². The second-order valence-electron chi connectivity index (χ2n) is 4.55. The van der Waals surface area contributed by atoms with Crippen molar-refractivity contribution >= 4 is 45.0 Å². The van der Waals surface area contributed by atoms with Crippen LogP contribution in [0.1, 0.15) is 29.3 Å². The minimum absolute atomic E-state index is 0.0648. The standard InChI is InChI=1S/C13H13BrCl2F3NO/c1-2-12(6-15,7-16)20-11(21)9-5-8(13(17,18)19)3-4-10(9)14/h3-5H,2,6-7H2,1H3,(H,20,21). The first-order chi connectivity index (χ1) is 9.69. The molecule has 0 aromatic heterocycles. The van der Waals surface area contributed by atoms with Gasteiger partial charge in [-0.3, -0.25) is 4.79 Å². The summed E-state index contributed by atoms with van der Waals surface area (Å²) in [5, 5.41) is 2.62. The Labute approximate surface area is 139 Å². The van der Waals surface area contributed by atoms with Gasteiger partial charge in [-0.15, -0.1) is 23.2 Å². The van der Waals surface area contributed by atoms with Crippen LogP contribution in [-0.2, 0) is 6.18 Å². The molecule has 0 aliphatic heterocycles. The summed E-state index contributed by atoms with van der Waals surface area (Å²) in [4.78, 5) is 12.2. The van der Waals surface area contributed by atoms with Gasteiger partial charge in [0, 0.05) is 16.2 Å². The number of alkyl halides is 5. The fourth-order valence-electron chi connectivity index (χ4n) is 1.56. The van der Waals surface area contributed by atoms with E-state index in [1.54, 1.807) is 6.92 Å². The van der Waals surface area contributed by atoms with Crippen molar-refractivity contribution in [3.05, 3.63) is 33.8 Å². The molecule has 0 atom stereocenters. The largest absolute Gasteiger partial charge is 0.416 e. The average Bonchev–Trinajstić information content (AvgIpc) is 2.44. The summed E-state index contributed by atoms with van der Waals surface area (Å²) in [5.41, 5.74) is -1.86. The Balaban J connectivity index is 3.13. The molecule has 0 bridgehead atoms. The molecule has 0 saturated heterocycles. The zero-order valence-electron chi connectivity index (χ0n) is 11.0. The highest BCUT2D eigenvalue weighted by atomic mass is 79.9. The van der Waals surface area contributed by atoms with Gasteiger partial charge in [0.25, 0.3) is 5.91 Å². The highest BCUT2D eigenvalue weighted by Crippen LogP contribution is 2.32. The van der Waals surface area contributed by atoms with Gasteiger partial charge in [-0.25, -0.2) is 0 Å². The molecule has 1 amide bonds. The van der Waals surface area contributed by atoms with E-state index in [0.29, 0.717) is 6.42 Å². The fraction of sp³-hybridized carbons (Fsp3) is 0.462. The summed E-state index contributed by atoms with van der Waals surface area (Å²) in [6.07, 6.45) is -4.06. The Hall–Kier alpha value is -0.460. The van der Waals surface area contributed by atoms with Gasteiger partial charge >= 0.3 is 6.18 Å². The number of carbonyl (C=O) groups is 1. The minimum Gasteiger partial charge on any atom is -0.344 e. The Morgan fingerprint density at radius 1 is 1.29 bits per heavy atom. The summed E-state index contributed by atoms with van der Waals surface area (Å²) in [5.74, 6) is -0.527. The highest BCUT2D eigenvalue weighted by molar-refractivity contribution is 9.10. The van der Waals surface area contributed by atoms with Gasteiger partial charge in [0.15, 0.2) is 0 Å². The number of hydrogen-bond donors (Lipinski definition) is 1. The van der Waals surface area contributed by atoms with Crippen molar-refractivity contribution in [2.75, 3.05) is 11.8 Å². The van der Waals surface area contributed by atoms with E-state index in [0.717, 1.165) is 12.1 Å². The molecule has 0 aliphatic carbocycles. The molecule has 21 heavy (non-hydrogen) atoms. The molecule has 0 heterocycles. The first-order valence-corrected chi connectivity index (χ1v) is 7.86. The molecule has 0 unspecified atom stereocenters. The van der Waals surface area contributed by atoms with Gasteiger partial charge in [-0.2, -0.15) is 13.2 Å². The topological polar surface area (TPSA) is 29.1 Å². The van der Waals surface area contributed by atoms with Gasteiger partial charge < -0.3 is 5.32 Å². The molecule has 8 heteroatoms.